The van der Waals surface area contributed by atoms with Gasteiger partial charge in [-0.25, -0.2) is 0 Å². The van der Waals surface area contributed by atoms with Crippen LogP contribution in [0.2, 0.25) is 0 Å². The molecule has 1 heterocycles. The summed E-state index contributed by atoms with van der Waals surface area (Å²) in [5, 5.41) is 4.96. The summed E-state index contributed by atoms with van der Waals surface area (Å²) in [4.78, 5) is 11.8. The molecule has 1 amide bonds. The van der Waals surface area contributed by atoms with E-state index in [1.165, 1.54) is 7.78 Å². The average molecular weight is 389 g/mol. The first-order valence-corrected chi connectivity index (χ1v) is 8.32. The quantitative estimate of drug-likeness (QED) is 0.621. The molecular formula is C13H12INOS2. The number of benzene rings is 1. The van der Waals surface area contributed by atoms with Crippen molar-refractivity contribution < 1.29 is 4.79 Å². The molecule has 0 radical (unpaired) electrons. The molecule has 0 spiro atoms. The summed E-state index contributed by atoms with van der Waals surface area (Å²) < 4.78 is 2.35. The Morgan fingerprint density at radius 3 is 2.94 bits per heavy atom. The molecule has 0 atom stereocenters. The molecule has 2 aromatic rings. The first kappa shape index (κ1) is 13.9. The molecule has 5 heteroatoms. The maximum atomic E-state index is 11.8. The van der Waals surface area contributed by atoms with E-state index in [1.54, 1.807) is 23.1 Å². The maximum Gasteiger partial charge on any atom is 0.234 e. The van der Waals surface area contributed by atoms with E-state index in [-0.39, 0.29) is 5.91 Å². The van der Waals surface area contributed by atoms with Gasteiger partial charge in [0.25, 0.3) is 0 Å². The SMILES string of the molecule is Cc1cc(I)ccc1NC(=O)CSc1cccs1. The predicted octanol–water partition coefficient (Wildman–Crippen LogP) is 4.39. The van der Waals surface area contributed by atoms with Crippen molar-refractivity contribution >= 4 is 57.3 Å². The Morgan fingerprint density at radius 2 is 2.28 bits per heavy atom. The van der Waals surface area contributed by atoms with Crippen molar-refractivity contribution in [2.24, 2.45) is 0 Å². The summed E-state index contributed by atoms with van der Waals surface area (Å²) in [5.41, 5.74) is 1.99. The minimum Gasteiger partial charge on any atom is -0.325 e. The highest BCUT2D eigenvalue weighted by molar-refractivity contribution is 14.1. The van der Waals surface area contributed by atoms with Gasteiger partial charge in [-0.05, 0) is 64.7 Å². The highest BCUT2D eigenvalue weighted by atomic mass is 127. The van der Waals surface area contributed by atoms with Gasteiger partial charge in [-0.2, -0.15) is 0 Å². The Balaban J connectivity index is 1.91. The Kier molecular flexibility index (Phi) is 5.08. The van der Waals surface area contributed by atoms with Crippen molar-refractivity contribution in [2.45, 2.75) is 11.1 Å². The highest BCUT2D eigenvalue weighted by Gasteiger charge is 2.06. The zero-order valence-corrected chi connectivity index (χ0v) is 13.6. The molecule has 1 N–H and O–H groups in total. The number of thioether (sulfide) groups is 1. The predicted molar refractivity (Wildman–Crippen MR) is 87.6 cm³/mol. The van der Waals surface area contributed by atoms with Gasteiger partial charge in [0, 0.05) is 9.26 Å². The molecule has 1 aromatic carbocycles. The monoisotopic (exact) mass is 389 g/mol. The maximum absolute atomic E-state index is 11.8. The van der Waals surface area contributed by atoms with Crippen LogP contribution < -0.4 is 5.32 Å². The van der Waals surface area contributed by atoms with Gasteiger partial charge in [0.05, 0.1) is 9.96 Å². The topological polar surface area (TPSA) is 29.1 Å². The molecular weight excluding hydrogens is 377 g/mol. The summed E-state index contributed by atoms with van der Waals surface area (Å²) in [6.45, 7) is 2.00. The molecule has 18 heavy (non-hydrogen) atoms. The minimum atomic E-state index is 0.0395. The first-order chi connectivity index (χ1) is 8.65. The first-order valence-electron chi connectivity index (χ1n) is 5.37. The lowest BCUT2D eigenvalue weighted by Gasteiger charge is -2.08. The van der Waals surface area contributed by atoms with Crippen LogP contribution in [-0.2, 0) is 4.79 Å². The van der Waals surface area contributed by atoms with E-state index in [4.69, 9.17) is 0 Å². The van der Waals surface area contributed by atoms with Crippen LogP contribution in [-0.4, -0.2) is 11.7 Å². The number of thiophene rings is 1. The summed E-state index contributed by atoms with van der Waals surface area (Å²) in [6, 6.07) is 10.0. The van der Waals surface area contributed by atoms with Crippen LogP contribution in [0.5, 0.6) is 0 Å². The fourth-order valence-corrected chi connectivity index (χ4v) is 3.67. The molecule has 0 aliphatic heterocycles. The lowest BCUT2D eigenvalue weighted by molar-refractivity contribution is -0.113. The molecule has 0 aliphatic carbocycles. The second-order valence-corrected chi connectivity index (χ2v) is 7.20. The molecule has 94 valence electrons. The van der Waals surface area contributed by atoms with Gasteiger partial charge in [0.1, 0.15) is 0 Å². The molecule has 0 unspecified atom stereocenters. The van der Waals surface area contributed by atoms with Crippen LogP contribution >= 0.6 is 45.7 Å². The third-order valence-electron chi connectivity index (χ3n) is 2.30. The number of hydrogen-bond donors (Lipinski definition) is 1. The number of halogens is 1. The fourth-order valence-electron chi connectivity index (χ4n) is 1.44. The van der Waals surface area contributed by atoms with Crippen LogP contribution in [0.15, 0.2) is 39.9 Å². The number of amides is 1. The van der Waals surface area contributed by atoms with Crippen molar-refractivity contribution in [2.75, 3.05) is 11.1 Å². The number of nitrogens with one attached hydrogen (secondary N) is 1. The largest absolute Gasteiger partial charge is 0.325 e. The average Bonchev–Trinajstić information content (AvgIpc) is 2.83. The van der Waals surface area contributed by atoms with Crippen LogP contribution in [0.3, 0.4) is 0 Å². The number of carbonyl (C=O) groups is 1. The second kappa shape index (κ2) is 6.58. The van der Waals surface area contributed by atoms with E-state index in [0.29, 0.717) is 5.75 Å². The van der Waals surface area contributed by atoms with Gasteiger partial charge in [-0.1, -0.05) is 6.07 Å². The van der Waals surface area contributed by atoms with Crippen molar-refractivity contribution in [1.82, 2.24) is 0 Å². The number of hydrogen-bond acceptors (Lipinski definition) is 3. The molecule has 0 saturated heterocycles. The van der Waals surface area contributed by atoms with Gasteiger partial charge in [0.2, 0.25) is 5.91 Å². The smallest absolute Gasteiger partial charge is 0.234 e. The third kappa shape index (κ3) is 4.00. The molecule has 1 aromatic heterocycles. The van der Waals surface area contributed by atoms with E-state index >= 15 is 0 Å². The van der Waals surface area contributed by atoms with Crippen LogP contribution in [0.1, 0.15) is 5.56 Å². The van der Waals surface area contributed by atoms with Crippen molar-refractivity contribution in [3.8, 4) is 0 Å². The zero-order chi connectivity index (χ0) is 13.0. The molecule has 0 saturated carbocycles. The van der Waals surface area contributed by atoms with E-state index in [2.05, 4.69) is 34.0 Å². The van der Waals surface area contributed by atoms with E-state index in [9.17, 15) is 4.79 Å². The standard InChI is InChI=1S/C13H12INOS2/c1-9-7-10(14)4-5-11(9)15-12(16)8-18-13-3-2-6-17-13/h2-7H,8H2,1H3,(H,15,16). The van der Waals surface area contributed by atoms with Crippen LogP contribution in [0.25, 0.3) is 0 Å². The van der Waals surface area contributed by atoms with Crippen LogP contribution in [0.4, 0.5) is 5.69 Å². The van der Waals surface area contributed by atoms with Crippen molar-refractivity contribution in [3.05, 3.63) is 44.8 Å². The van der Waals surface area contributed by atoms with Gasteiger partial charge in [0.15, 0.2) is 0 Å². The third-order valence-corrected chi connectivity index (χ3v) is 5.11. The molecule has 0 aliphatic rings. The Hall–Kier alpha value is -0.530. The van der Waals surface area contributed by atoms with Crippen molar-refractivity contribution in [1.29, 1.82) is 0 Å². The van der Waals surface area contributed by atoms with Crippen LogP contribution in [0, 0.1) is 10.5 Å². The normalized spacial score (nSPS) is 10.3. The summed E-state index contributed by atoms with van der Waals surface area (Å²) >= 11 is 5.49. The lowest BCUT2D eigenvalue weighted by Crippen LogP contribution is -2.14. The zero-order valence-electron chi connectivity index (χ0n) is 9.77. The number of rotatable bonds is 4. The van der Waals surface area contributed by atoms with Gasteiger partial charge in [-0.15, -0.1) is 23.1 Å². The van der Waals surface area contributed by atoms with E-state index in [1.807, 2.05) is 36.6 Å². The highest BCUT2D eigenvalue weighted by Crippen LogP contribution is 2.24. The fraction of sp³-hybridized carbons (Fsp3) is 0.154. The van der Waals surface area contributed by atoms with E-state index in [0.717, 1.165) is 11.3 Å². The minimum absolute atomic E-state index is 0.0395. The molecule has 0 bridgehead atoms. The van der Waals surface area contributed by atoms with E-state index < -0.39 is 0 Å². The summed E-state index contributed by atoms with van der Waals surface area (Å²) in [6.07, 6.45) is 0. The van der Waals surface area contributed by atoms with Gasteiger partial charge >= 0.3 is 0 Å². The van der Waals surface area contributed by atoms with Gasteiger partial charge < -0.3 is 5.32 Å². The van der Waals surface area contributed by atoms with Crippen molar-refractivity contribution in [3.63, 3.8) is 0 Å². The second-order valence-electron chi connectivity index (χ2n) is 3.73. The summed E-state index contributed by atoms with van der Waals surface area (Å²) in [7, 11) is 0. The Labute approximate surface area is 128 Å². The Morgan fingerprint density at radius 1 is 1.44 bits per heavy atom. The summed E-state index contributed by atoms with van der Waals surface area (Å²) in [5.74, 6) is 0.490. The number of aryl methyl sites for hydroxylation is 1. The van der Waals surface area contributed by atoms with Gasteiger partial charge in [-0.3, -0.25) is 4.79 Å². The number of anilines is 1. The molecule has 2 rings (SSSR count). The molecule has 2 nitrogen and oxygen atoms in total. The Bertz CT molecular complexity index is 540. The molecule has 0 fully saturated rings. The lowest BCUT2D eigenvalue weighted by atomic mass is 10.2. The number of carbonyl (C=O) groups excluding carboxylic acids is 1.